The van der Waals surface area contributed by atoms with E-state index < -0.39 is 0 Å². The third kappa shape index (κ3) is 4.68. The summed E-state index contributed by atoms with van der Waals surface area (Å²) in [4.78, 5) is 2.52. The van der Waals surface area contributed by atoms with Gasteiger partial charge in [0.25, 0.3) is 0 Å². The molecule has 0 atom stereocenters. The molecular formula is C17H27ClN2. The fraction of sp³-hybridized carbons (Fsp3) is 0.647. The fourth-order valence-electron chi connectivity index (χ4n) is 3.12. The molecule has 2 nitrogen and oxygen atoms in total. The number of halogens is 1. The molecule has 1 aromatic carbocycles. The van der Waals surface area contributed by atoms with Crippen LogP contribution in [0.15, 0.2) is 24.3 Å². The number of likely N-dealkylation sites (N-methyl/N-ethyl adjacent to an activating group) is 1. The van der Waals surface area contributed by atoms with Gasteiger partial charge in [0.15, 0.2) is 0 Å². The van der Waals surface area contributed by atoms with Gasteiger partial charge in [-0.3, -0.25) is 0 Å². The molecular weight excluding hydrogens is 268 g/mol. The average Bonchev–Trinajstić information content (AvgIpc) is 2.49. The molecule has 0 amide bonds. The van der Waals surface area contributed by atoms with Crippen LogP contribution in [-0.4, -0.2) is 31.1 Å². The predicted molar refractivity (Wildman–Crippen MR) is 88.6 cm³/mol. The molecule has 0 spiro atoms. The van der Waals surface area contributed by atoms with Crippen molar-refractivity contribution in [1.29, 1.82) is 0 Å². The monoisotopic (exact) mass is 294 g/mol. The first kappa shape index (κ1) is 15.7. The molecule has 1 aliphatic rings. The number of benzene rings is 1. The predicted octanol–water partition coefficient (Wildman–Crippen LogP) is 4.65. The molecule has 2 rings (SSSR count). The Balaban J connectivity index is 1.67. The summed E-state index contributed by atoms with van der Waals surface area (Å²) in [6, 6.07) is 8.72. The molecule has 0 unspecified atom stereocenters. The highest BCUT2D eigenvalue weighted by atomic mass is 35.5. The molecule has 112 valence electrons. The standard InChI is InChI=1S/C17H27ClN2/c1-3-14-4-10-17(11-5-14)20(2)13-12-19-16-8-6-15(18)7-9-16/h6-9,14,17,19H,3-5,10-13H2,1-2H3. The van der Waals surface area contributed by atoms with E-state index in [1.807, 2.05) is 24.3 Å². The summed E-state index contributed by atoms with van der Waals surface area (Å²) in [6.07, 6.45) is 6.92. The number of nitrogens with zero attached hydrogens (tertiary/aromatic N) is 1. The fourth-order valence-corrected chi connectivity index (χ4v) is 3.25. The maximum Gasteiger partial charge on any atom is 0.0407 e. The van der Waals surface area contributed by atoms with E-state index in [4.69, 9.17) is 11.6 Å². The van der Waals surface area contributed by atoms with Gasteiger partial charge in [-0.1, -0.05) is 24.9 Å². The van der Waals surface area contributed by atoms with Crippen LogP contribution in [0.2, 0.25) is 5.02 Å². The highest BCUT2D eigenvalue weighted by molar-refractivity contribution is 6.30. The first-order chi connectivity index (χ1) is 9.69. The van der Waals surface area contributed by atoms with Crippen LogP contribution in [-0.2, 0) is 0 Å². The molecule has 3 heteroatoms. The third-order valence-corrected chi connectivity index (χ3v) is 4.91. The summed E-state index contributed by atoms with van der Waals surface area (Å²) < 4.78 is 0. The van der Waals surface area contributed by atoms with Crippen molar-refractivity contribution >= 4 is 17.3 Å². The summed E-state index contributed by atoms with van der Waals surface area (Å²) in [6.45, 7) is 4.42. The van der Waals surface area contributed by atoms with Crippen molar-refractivity contribution in [2.75, 3.05) is 25.5 Å². The molecule has 0 aliphatic heterocycles. The minimum atomic E-state index is 0.782. The Labute approximate surface area is 128 Å². The van der Waals surface area contributed by atoms with Crippen LogP contribution in [0.4, 0.5) is 5.69 Å². The molecule has 1 N–H and O–H groups in total. The zero-order valence-electron chi connectivity index (χ0n) is 12.7. The van der Waals surface area contributed by atoms with Gasteiger partial charge in [0.1, 0.15) is 0 Å². The normalized spacial score (nSPS) is 23.0. The lowest BCUT2D eigenvalue weighted by atomic mass is 9.84. The van der Waals surface area contributed by atoms with Gasteiger partial charge >= 0.3 is 0 Å². The quantitative estimate of drug-likeness (QED) is 0.821. The number of rotatable bonds is 6. The summed E-state index contributed by atoms with van der Waals surface area (Å²) in [5.74, 6) is 0.979. The molecule has 0 radical (unpaired) electrons. The SMILES string of the molecule is CCC1CCC(N(C)CCNc2ccc(Cl)cc2)CC1. The van der Waals surface area contributed by atoms with Gasteiger partial charge < -0.3 is 10.2 Å². The molecule has 0 aromatic heterocycles. The number of hydrogen-bond acceptors (Lipinski definition) is 2. The van der Waals surface area contributed by atoms with Crippen LogP contribution in [0.1, 0.15) is 39.0 Å². The van der Waals surface area contributed by atoms with Gasteiger partial charge in [-0.05, 0) is 62.9 Å². The van der Waals surface area contributed by atoms with Gasteiger partial charge in [0.05, 0.1) is 0 Å². The van der Waals surface area contributed by atoms with Crippen LogP contribution in [0, 0.1) is 5.92 Å². The molecule has 0 bridgehead atoms. The molecule has 1 fully saturated rings. The van der Waals surface area contributed by atoms with E-state index >= 15 is 0 Å². The smallest absolute Gasteiger partial charge is 0.0407 e. The maximum absolute atomic E-state index is 5.89. The average molecular weight is 295 g/mol. The minimum absolute atomic E-state index is 0.782. The van der Waals surface area contributed by atoms with Crippen LogP contribution < -0.4 is 5.32 Å². The molecule has 1 aliphatic carbocycles. The van der Waals surface area contributed by atoms with Gasteiger partial charge in [-0.2, -0.15) is 0 Å². The zero-order chi connectivity index (χ0) is 14.4. The minimum Gasteiger partial charge on any atom is -0.384 e. The van der Waals surface area contributed by atoms with E-state index in [9.17, 15) is 0 Å². The topological polar surface area (TPSA) is 15.3 Å². The van der Waals surface area contributed by atoms with E-state index in [-0.39, 0.29) is 0 Å². The van der Waals surface area contributed by atoms with E-state index in [2.05, 4.69) is 24.2 Å². The van der Waals surface area contributed by atoms with E-state index in [1.165, 1.54) is 32.1 Å². The number of anilines is 1. The first-order valence-corrected chi connectivity index (χ1v) is 8.26. The van der Waals surface area contributed by atoms with Gasteiger partial charge in [-0.25, -0.2) is 0 Å². The zero-order valence-corrected chi connectivity index (χ0v) is 13.5. The van der Waals surface area contributed by atoms with Crippen molar-refractivity contribution in [3.63, 3.8) is 0 Å². The lowest BCUT2D eigenvalue weighted by Gasteiger charge is -2.34. The van der Waals surface area contributed by atoms with Gasteiger partial charge in [-0.15, -0.1) is 0 Å². The second-order valence-corrected chi connectivity index (χ2v) is 6.43. The molecule has 0 saturated heterocycles. The van der Waals surface area contributed by atoms with Crippen molar-refractivity contribution in [3.05, 3.63) is 29.3 Å². The van der Waals surface area contributed by atoms with Crippen molar-refractivity contribution in [1.82, 2.24) is 4.90 Å². The lowest BCUT2D eigenvalue weighted by molar-refractivity contribution is 0.168. The number of nitrogens with one attached hydrogen (secondary N) is 1. The Hall–Kier alpha value is -0.730. The molecule has 0 heterocycles. The second-order valence-electron chi connectivity index (χ2n) is 6.00. The van der Waals surface area contributed by atoms with Crippen molar-refractivity contribution in [3.8, 4) is 0 Å². The maximum atomic E-state index is 5.89. The summed E-state index contributed by atoms with van der Waals surface area (Å²) in [5, 5.41) is 4.25. The molecule has 1 saturated carbocycles. The van der Waals surface area contributed by atoms with Crippen LogP contribution >= 0.6 is 11.6 Å². The Morgan fingerprint density at radius 2 is 1.80 bits per heavy atom. The van der Waals surface area contributed by atoms with Crippen molar-refractivity contribution in [2.45, 2.75) is 45.1 Å². The van der Waals surface area contributed by atoms with Crippen LogP contribution in [0.5, 0.6) is 0 Å². The van der Waals surface area contributed by atoms with E-state index in [1.54, 1.807) is 0 Å². The highest BCUT2D eigenvalue weighted by Crippen LogP contribution is 2.28. The second kappa shape index (κ2) is 7.90. The first-order valence-electron chi connectivity index (χ1n) is 7.88. The molecule has 1 aromatic rings. The Morgan fingerprint density at radius 1 is 1.15 bits per heavy atom. The summed E-state index contributed by atoms with van der Waals surface area (Å²) in [5.41, 5.74) is 1.15. The molecule has 20 heavy (non-hydrogen) atoms. The Bertz CT molecular complexity index is 382. The van der Waals surface area contributed by atoms with Gasteiger partial charge in [0.2, 0.25) is 0 Å². The third-order valence-electron chi connectivity index (χ3n) is 4.65. The highest BCUT2D eigenvalue weighted by Gasteiger charge is 2.22. The van der Waals surface area contributed by atoms with Crippen LogP contribution in [0.25, 0.3) is 0 Å². The van der Waals surface area contributed by atoms with Crippen LogP contribution in [0.3, 0.4) is 0 Å². The van der Waals surface area contributed by atoms with E-state index in [0.717, 1.165) is 35.8 Å². The number of hydrogen-bond donors (Lipinski definition) is 1. The van der Waals surface area contributed by atoms with E-state index in [0.29, 0.717) is 0 Å². The van der Waals surface area contributed by atoms with Crippen molar-refractivity contribution in [2.24, 2.45) is 5.92 Å². The lowest BCUT2D eigenvalue weighted by Crippen LogP contribution is -2.37. The van der Waals surface area contributed by atoms with Gasteiger partial charge in [0, 0.05) is 29.8 Å². The summed E-state index contributed by atoms with van der Waals surface area (Å²) in [7, 11) is 2.26. The summed E-state index contributed by atoms with van der Waals surface area (Å²) >= 11 is 5.89. The largest absolute Gasteiger partial charge is 0.384 e. The van der Waals surface area contributed by atoms with Crippen molar-refractivity contribution < 1.29 is 0 Å². The Morgan fingerprint density at radius 3 is 2.40 bits per heavy atom. The Kier molecular flexibility index (Phi) is 6.18.